The van der Waals surface area contributed by atoms with Crippen molar-refractivity contribution in [2.24, 2.45) is 0 Å². The number of imide groups is 2. The van der Waals surface area contributed by atoms with Crippen molar-refractivity contribution in [3.05, 3.63) is 11.8 Å². The number of nitrogens with zero attached hydrogens (tertiary/aromatic N) is 3. The molecule has 1 aliphatic rings. The van der Waals surface area contributed by atoms with Crippen LogP contribution >= 0.6 is 0 Å². The summed E-state index contributed by atoms with van der Waals surface area (Å²) in [4.78, 5) is 41.1. The first kappa shape index (κ1) is 17.2. The van der Waals surface area contributed by atoms with Crippen molar-refractivity contribution in [1.29, 1.82) is 0 Å². The van der Waals surface area contributed by atoms with Gasteiger partial charge in [-0.2, -0.15) is 0 Å². The van der Waals surface area contributed by atoms with Gasteiger partial charge in [0.1, 0.15) is 5.57 Å². The molecule has 0 atom stereocenters. The minimum Gasteiger partial charge on any atom is -0.383 e. The SMILES string of the molecule is CCCCN1C(=O)C(=CN(C)C)C(=O)N(CCCC)C1=O. The van der Waals surface area contributed by atoms with E-state index in [0.717, 1.165) is 25.7 Å². The van der Waals surface area contributed by atoms with E-state index in [-0.39, 0.29) is 5.57 Å². The lowest BCUT2D eigenvalue weighted by atomic mass is 10.1. The van der Waals surface area contributed by atoms with E-state index in [1.165, 1.54) is 16.0 Å². The third-order valence-corrected chi connectivity index (χ3v) is 3.27. The fraction of sp³-hybridized carbons (Fsp3) is 0.667. The third-order valence-electron chi connectivity index (χ3n) is 3.27. The van der Waals surface area contributed by atoms with Crippen LogP contribution in [0.3, 0.4) is 0 Å². The highest BCUT2D eigenvalue weighted by Crippen LogP contribution is 2.19. The molecule has 0 aromatic rings. The smallest absolute Gasteiger partial charge is 0.333 e. The molecule has 0 bridgehead atoms. The number of hydrogen-bond donors (Lipinski definition) is 0. The number of unbranched alkanes of at least 4 members (excludes halogenated alkanes) is 2. The van der Waals surface area contributed by atoms with Crippen molar-refractivity contribution < 1.29 is 14.4 Å². The summed E-state index contributed by atoms with van der Waals surface area (Å²) in [5.74, 6) is -0.972. The Labute approximate surface area is 126 Å². The molecule has 0 aromatic carbocycles. The number of carbonyl (C=O) groups excluding carboxylic acids is 3. The molecule has 1 rings (SSSR count). The van der Waals surface area contributed by atoms with Crippen LogP contribution in [0, 0.1) is 0 Å². The van der Waals surface area contributed by atoms with Gasteiger partial charge in [0.25, 0.3) is 11.8 Å². The van der Waals surface area contributed by atoms with E-state index in [0.29, 0.717) is 13.1 Å². The number of rotatable bonds is 7. The third kappa shape index (κ3) is 4.06. The summed E-state index contributed by atoms with van der Waals surface area (Å²) in [7, 11) is 3.49. The van der Waals surface area contributed by atoms with Crippen LogP contribution < -0.4 is 0 Å². The van der Waals surface area contributed by atoms with Crippen LogP contribution in [0.25, 0.3) is 0 Å². The van der Waals surface area contributed by atoms with Gasteiger partial charge in [-0.05, 0) is 12.8 Å². The van der Waals surface area contributed by atoms with Gasteiger partial charge in [0.05, 0.1) is 0 Å². The Balaban J connectivity index is 3.08. The highest BCUT2D eigenvalue weighted by molar-refractivity contribution is 6.28. The molecule has 6 nitrogen and oxygen atoms in total. The molecule has 1 heterocycles. The Hall–Kier alpha value is -1.85. The average Bonchev–Trinajstić information content (AvgIpc) is 2.43. The van der Waals surface area contributed by atoms with Crippen LogP contribution in [-0.4, -0.2) is 59.7 Å². The predicted molar refractivity (Wildman–Crippen MR) is 80.4 cm³/mol. The van der Waals surface area contributed by atoms with Crippen molar-refractivity contribution in [2.75, 3.05) is 27.2 Å². The molecule has 0 N–H and O–H groups in total. The van der Waals surface area contributed by atoms with Gasteiger partial charge < -0.3 is 4.90 Å². The van der Waals surface area contributed by atoms with E-state index in [9.17, 15) is 14.4 Å². The fourth-order valence-electron chi connectivity index (χ4n) is 2.10. The van der Waals surface area contributed by atoms with Gasteiger partial charge in [-0.25, -0.2) is 4.79 Å². The summed E-state index contributed by atoms with van der Waals surface area (Å²) >= 11 is 0. The molecule has 0 saturated carbocycles. The molecule has 1 fully saturated rings. The van der Waals surface area contributed by atoms with Crippen molar-refractivity contribution in [3.8, 4) is 0 Å². The van der Waals surface area contributed by atoms with Crippen molar-refractivity contribution in [3.63, 3.8) is 0 Å². The van der Waals surface area contributed by atoms with Gasteiger partial charge in [0.15, 0.2) is 0 Å². The zero-order chi connectivity index (χ0) is 16.0. The van der Waals surface area contributed by atoms with Crippen molar-refractivity contribution >= 4 is 17.8 Å². The number of carbonyl (C=O) groups is 3. The number of urea groups is 1. The van der Waals surface area contributed by atoms with Gasteiger partial charge in [-0.1, -0.05) is 26.7 Å². The highest BCUT2D eigenvalue weighted by Gasteiger charge is 2.41. The molecule has 118 valence electrons. The van der Waals surface area contributed by atoms with Gasteiger partial charge in [-0.15, -0.1) is 0 Å². The first-order valence-electron chi connectivity index (χ1n) is 7.49. The normalized spacial score (nSPS) is 15.8. The molecule has 0 aromatic heterocycles. The molecule has 0 radical (unpaired) electrons. The van der Waals surface area contributed by atoms with Crippen molar-refractivity contribution in [1.82, 2.24) is 14.7 Å². The summed E-state index contributed by atoms with van der Waals surface area (Å²) in [5, 5.41) is 0. The topological polar surface area (TPSA) is 60.9 Å². The molecule has 21 heavy (non-hydrogen) atoms. The second-order valence-corrected chi connectivity index (χ2v) is 5.41. The molecular formula is C15H25N3O3. The fourth-order valence-corrected chi connectivity index (χ4v) is 2.10. The summed E-state index contributed by atoms with van der Waals surface area (Å²) < 4.78 is 0. The standard InChI is InChI=1S/C15H25N3O3/c1-5-7-9-17-13(19)12(11-16(3)4)14(20)18(15(17)21)10-8-6-2/h11H,5-10H2,1-4H3. The monoisotopic (exact) mass is 295 g/mol. The molecule has 1 aliphatic heterocycles. The largest absolute Gasteiger partial charge is 0.383 e. The molecule has 6 heteroatoms. The maximum absolute atomic E-state index is 12.4. The minimum atomic E-state index is -0.486. The van der Waals surface area contributed by atoms with E-state index in [1.54, 1.807) is 19.0 Å². The van der Waals surface area contributed by atoms with Gasteiger partial charge in [0, 0.05) is 33.4 Å². The Morgan fingerprint density at radius 3 is 1.67 bits per heavy atom. The van der Waals surface area contributed by atoms with Crippen LogP contribution in [0.5, 0.6) is 0 Å². The molecule has 0 aliphatic carbocycles. The first-order valence-corrected chi connectivity index (χ1v) is 7.49. The van der Waals surface area contributed by atoms with E-state index >= 15 is 0 Å². The van der Waals surface area contributed by atoms with E-state index < -0.39 is 17.8 Å². The lowest BCUT2D eigenvalue weighted by Crippen LogP contribution is -2.56. The van der Waals surface area contributed by atoms with E-state index in [1.807, 2.05) is 13.8 Å². The molecule has 1 saturated heterocycles. The highest BCUT2D eigenvalue weighted by atomic mass is 16.2. The summed E-state index contributed by atoms with van der Waals surface area (Å²) in [5.41, 5.74) is 0.0619. The van der Waals surface area contributed by atoms with Crippen LogP contribution in [0.4, 0.5) is 4.79 Å². The maximum atomic E-state index is 12.4. The zero-order valence-corrected chi connectivity index (χ0v) is 13.4. The zero-order valence-electron chi connectivity index (χ0n) is 13.4. The summed E-state index contributed by atoms with van der Waals surface area (Å²) in [6.45, 7) is 4.70. The minimum absolute atomic E-state index is 0.0619. The van der Waals surface area contributed by atoms with Gasteiger partial charge >= 0.3 is 6.03 Å². The quantitative estimate of drug-likeness (QED) is 0.531. The Bertz CT molecular complexity index is 411. The van der Waals surface area contributed by atoms with Crippen LogP contribution in [0.2, 0.25) is 0 Å². The first-order chi connectivity index (χ1) is 9.93. The van der Waals surface area contributed by atoms with Crippen LogP contribution in [0.15, 0.2) is 11.8 Å². The average molecular weight is 295 g/mol. The Kier molecular flexibility index (Phi) is 6.39. The Morgan fingerprint density at radius 1 is 0.905 bits per heavy atom. The Morgan fingerprint density at radius 2 is 1.33 bits per heavy atom. The lowest BCUT2D eigenvalue weighted by molar-refractivity contribution is -0.136. The molecule has 0 unspecified atom stereocenters. The second-order valence-electron chi connectivity index (χ2n) is 5.41. The predicted octanol–water partition coefficient (Wildman–Crippen LogP) is 1.82. The van der Waals surface area contributed by atoms with Crippen molar-refractivity contribution in [2.45, 2.75) is 39.5 Å². The van der Waals surface area contributed by atoms with Gasteiger partial charge in [0.2, 0.25) is 0 Å². The second kappa shape index (κ2) is 7.81. The summed E-state index contributed by atoms with van der Waals surface area (Å²) in [6, 6.07) is -0.484. The van der Waals surface area contributed by atoms with Gasteiger partial charge in [-0.3, -0.25) is 19.4 Å². The maximum Gasteiger partial charge on any atom is 0.333 e. The number of barbiturate groups is 1. The molecule has 4 amide bonds. The van der Waals surface area contributed by atoms with Crippen LogP contribution in [0.1, 0.15) is 39.5 Å². The number of amides is 4. The van der Waals surface area contributed by atoms with Crippen LogP contribution in [-0.2, 0) is 9.59 Å². The number of hydrogen-bond acceptors (Lipinski definition) is 4. The van der Waals surface area contributed by atoms with E-state index in [4.69, 9.17) is 0 Å². The van der Waals surface area contributed by atoms with E-state index in [2.05, 4.69) is 0 Å². The summed E-state index contributed by atoms with van der Waals surface area (Å²) in [6.07, 6.45) is 4.74. The lowest BCUT2D eigenvalue weighted by Gasteiger charge is -2.34. The molecule has 0 spiro atoms. The molecular weight excluding hydrogens is 270 g/mol.